The van der Waals surface area contributed by atoms with E-state index in [1.54, 1.807) is 0 Å². The van der Waals surface area contributed by atoms with Crippen molar-refractivity contribution in [1.29, 1.82) is 5.26 Å². The summed E-state index contributed by atoms with van der Waals surface area (Å²) in [7, 11) is 0. The summed E-state index contributed by atoms with van der Waals surface area (Å²) in [6.07, 6.45) is 4.51. The maximum atomic E-state index is 8.90. The fourth-order valence-corrected chi connectivity index (χ4v) is 1.98. The summed E-state index contributed by atoms with van der Waals surface area (Å²) in [5.41, 5.74) is -0.151. The molecule has 1 rings (SSSR count). The average Bonchev–Trinajstić information content (AvgIpc) is 2.53. The van der Waals surface area contributed by atoms with Gasteiger partial charge in [0.15, 0.2) is 0 Å². The van der Waals surface area contributed by atoms with Gasteiger partial charge in [-0.15, -0.1) is 0 Å². The van der Waals surface area contributed by atoms with Crippen LogP contribution in [-0.2, 0) is 4.74 Å². The molecule has 0 aromatic heterocycles. The van der Waals surface area contributed by atoms with E-state index in [1.807, 2.05) is 13.8 Å². The van der Waals surface area contributed by atoms with Crippen LogP contribution < -0.4 is 0 Å². The Kier molecular flexibility index (Phi) is 5.79. The summed E-state index contributed by atoms with van der Waals surface area (Å²) in [5.74, 6) is 0. The SMILES string of the molecule is CC(C)(C#N)CCCCN1CCCOCC1. The van der Waals surface area contributed by atoms with Crippen LogP contribution in [0.25, 0.3) is 0 Å². The third-order valence-electron chi connectivity index (χ3n) is 3.14. The highest BCUT2D eigenvalue weighted by Gasteiger charge is 2.16. The van der Waals surface area contributed by atoms with Crippen LogP contribution >= 0.6 is 0 Å². The molecule has 0 N–H and O–H groups in total. The highest BCUT2D eigenvalue weighted by atomic mass is 16.5. The average molecular weight is 224 g/mol. The predicted molar refractivity (Wildman–Crippen MR) is 65.1 cm³/mol. The molecule has 92 valence electrons. The zero-order valence-corrected chi connectivity index (χ0v) is 10.7. The van der Waals surface area contributed by atoms with E-state index in [0.717, 1.165) is 45.6 Å². The summed E-state index contributed by atoms with van der Waals surface area (Å²) in [5, 5.41) is 8.90. The maximum Gasteiger partial charge on any atom is 0.0683 e. The minimum atomic E-state index is -0.151. The lowest BCUT2D eigenvalue weighted by atomic mass is 9.89. The smallest absolute Gasteiger partial charge is 0.0683 e. The summed E-state index contributed by atoms with van der Waals surface area (Å²) >= 11 is 0. The van der Waals surface area contributed by atoms with Crippen LogP contribution in [0, 0.1) is 16.7 Å². The van der Waals surface area contributed by atoms with Crippen molar-refractivity contribution in [2.75, 3.05) is 32.8 Å². The Bertz CT molecular complexity index is 225. The molecular formula is C13H24N2O. The van der Waals surface area contributed by atoms with Crippen molar-refractivity contribution in [3.05, 3.63) is 0 Å². The molecular weight excluding hydrogens is 200 g/mol. The molecule has 0 spiro atoms. The van der Waals surface area contributed by atoms with Gasteiger partial charge in [-0.2, -0.15) is 5.26 Å². The molecule has 0 amide bonds. The van der Waals surface area contributed by atoms with Gasteiger partial charge in [0.1, 0.15) is 0 Å². The van der Waals surface area contributed by atoms with Crippen molar-refractivity contribution in [3.8, 4) is 6.07 Å². The molecule has 1 saturated heterocycles. The largest absolute Gasteiger partial charge is 0.380 e. The highest BCUT2D eigenvalue weighted by Crippen LogP contribution is 2.21. The van der Waals surface area contributed by atoms with Crippen LogP contribution in [0.1, 0.15) is 39.5 Å². The first kappa shape index (κ1) is 13.5. The second kappa shape index (κ2) is 6.88. The number of nitrogens with zero attached hydrogens (tertiary/aromatic N) is 2. The summed E-state index contributed by atoms with van der Waals surface area (Å²) in [4.78, 5) is 2.48. The molecule has 0 radical (unpaired) electrons. The molecule has 1 aliphatic heterocycles. The molecule has 0 aliphatic carbocycles. The van der Waals surface area contributed by atoms with Gasteiger partial charge in [0.25, 0.3) is 0 Å². The van der Waals surface area contributed by atoms with E-state index in [-0.39, 0.29) is 5.41 Å². The molecule has 1 heterocycles. The zero-order valence-electron chi connectivity index (χ0n) is 10.7. The quantitative estimate of drug-likeness (QED) is 0.673. The fraction of sp³-hybridized carbons (Fsp3) is 0.923. The topological polar surface area (TPSA) is 36.3 Å². The molecule has 16 heavy (non-hydrogen) atoms. The molecule has 0 aromatic carbocycles. The van der Waals surface area contributed by atoms with Crippen molar-refractivity contribution in [2.24, 2.45) is 5.41 Å². The van der Waals surface area contributed by atoms with Gasteiger partial charge in [0.05, 0.1) is 18.1 Å². The minimum absolute atomic E-state index is 0.151. The Morgan fingerprint density at radius 2 is 2.06 bits per heavy atom. The second-order valence-electron chi connectivity index (χ2n) is 5.26. The summed E-state index contributed by atoms with van der Waals surface area (Å²) < 4.78 is 5.42. The third-order valence-corrected chi connectivity index (χ3v) is 3.14. The lowest BCUT2D eigenvalue weighted by Gasteiger charge is -2.20. The van der Waals surface area contributed by atoms with Gasteiger partial charge in [-0.3, -0.25) is 0 Å². The molecule has 0 atom stereocenters. The van der Waals surface area contributed by atoms with E-state index in [2.05, 4.69) is 11.0 Å². The molecule has 0 bridgehead atoms. The first-order chi connectivity index (χ1) is 7.64. The number of unbranched alkanes of at least 4 members (excludes halogenated alkanes) is 1. The molecule has 3 heteroatoms. The van der Waals surface area contributed by atoms with Crippen molar-refractivity contribution in [2.45, 2.75) is 39.5 Å². The van der Waals surface area contributed by atoms with Gasteiger partial charge in [-0.25, -0.2) is 0 Å². The highest BCUT2D eigenvalue weighted by molar-refractivity contribution is 4.91. The molecule has 3 nitrogen and oxygen atoms in total. The van der Waals surface area contributed by atoms with Gasteiger partial charge >= 0.3 is 0 Å². The number of nitriles is 1. The van der Waals surface area contributed by atoms with Crippen LogP contribution in [0.15, 0.2) is 0 Å². The first-order valence-corrected chi connectivity index (χ1v) is 6.35. The molecule has 0 aromatic rings. The second-order valence-corrected chi connectivity index (χ2v) is 5.26. The van der Waals surface area contributed by atoms with Gasteiger partial charge in [0.2, 0.25) is 0 Å². The monoisotopic (exact) mass is 224 g/mol. The van der Waals surface area contributed by atoms with Gasteiger partial charge < -0.3 is 9.64 Å². The Morgan fingerprint density at radius 3 is 2.81 bits per heavy atom. The van der Waals surface area contributed by atoms with E-state index in [9.17, 15) is 0 Å². The standard InChI is InChI=1S/C13H24N2O/c1-13(2,12-14)6-3-4-7-15-8-5-10-16-11-9-15/h3-11H2,1-2H3. The van der Waals surface area contributed by atoms with Crippen LogP contribution in [-0.4, -0.2) is 37.7 Å². The predicted octanol–water partition coefficient (Wildman–Crippen LogP) is 2.43. The Labute approximate surface area is 99.4 Å². The van der Waals surface area contributed by atoms with Crippen LogP contribution in [0.4, 0.5) is 0 Å². The molecule has 1 fully saturated rings. The van der Waals surface area contributed by atoms with Crippen LogP contribution in [0.2, 0.25) is 0 Å². The third kappa shape index (κ3) is 5.48. The van der Waals surface area contributed by atoms with Gasteiger partial charge in [-0.1, -0.05) is 6.42 Å². The minimum Gasteiger partial charge on any atom is -0.380 e. The molecule has 0 saturated carbocycles. The Morgan fingerprint density at radius 1 is 1.25 bits per heavy atom. The normalized spacial score (nSPS) is 19.1. The van der Waals surface area contributed by atoms with Crippen LogP contribution in [0.5, 0.6) is 0 Å². The van der Waals surface area contributed by atoms with Crippen molar-refractivity contribution < 1.29 is 4.74 Å². The van der Waals surface area contributed by atoms with Crippen molar-refractivity contribution in [1.82, 2.24) is 4.90 Å². The van der Waals surface area contributed by atoms with Crippen molar-refractivity contribution in [3.63, 3.8) is 0 Å². The number of ether oxygens (including phenoxy) is 1. The molecule has 1 aliphatic rings. The van der Waals surface area contributed by atoms with E-state index in [4.69, 9.17) is 10.00 Å². The van der Waals surface area contributed by atoms with Crippen LogP contribution in [0.3, 0.4) is 0 Å². The summed E-state index contributed by atoms with van der Waals surface area (Å²) in [6, 6.07) is 2.36. The van der Waals surface area contributed by atoms with E-state index >= 15 is 0 Å². The Hall–Kier alpha value is -0.590. The summed E-state index contributed by atoms with van der Waals surface area (Å²) in [6.45, 7) is 9.23. The van der Waals surface area contributed by atoms with E-state index in [0.29, 0.717) is 0 Å². The Balaban J connectivity index is 2.08. The van der Waals surface area contributed by atoms with E-state index in [1.165, 1.54) is 13.0 Å². The zero-order chi connectivity index (χ0) is 11.9. The first-order valence-electron chi connectivity index (χ1n) is 6.35. The lowest BCUT2D eigenvalue weighted by molar-refractivity contribution is 0.141. The number of hydrogen-bond donors (Lipinski definition) is 0. The fourth-order valence-electron chi connectivity index (χ4n) is 1.98. The number of hydrogen-bond acceptors (Lipinski definition) is 3. The van der Waals surface area contributed by atoms with Gasteiger partial charge in [-0.05, 0) is 39.7 Å². The van der Waals surface area contributed by atoms with Crippen molar-refractivity contribution >= 4 is 0 Å². The van der Waals surface area contributed by atoms with Gasteiger partial charge in [0, 0.05) is 19.7 Å². The van der Waals surface area contributed by atoms with E-state index < -0.39 is 0 Å². The number of rotatable bonds is 5. The lowest BCUT2D eigenvalue weighted by Crippen LogP contribution is -2.27. The molecule has 0 unspecified atom stereocenters. The maximum absolute atomic E-state index is 8.90.